The molecule has 1 rings (SSSR count). The van der Waals surface area contributed by atoms with Crippen LogP contribution in [-0.4, -0.2) is 6.61 Å². The monoisotopic (exact) mass is 234 g/mol. The van der Waals surface area contributed by atoms with Crippen LogP contribution in [0.5, 0.6) is 5.75 Å². The van der Waals surface area contributed by atoms with E-state index in [9.17, 15) is 0 Å². The number of rotatable bonds is 7. The fourth-order valence-electron chi connectivity index (χ4n) is 1.90. The topological polar surface area (TPSA) is 9.23 Å². The summed E-state index contributed by atoms with van der Waals surface area (Å²) in [7, 11) is 0. The van der Waals surface area contributed by atoms with Crippen molar-refractivity contribution in [2.45, 2.75) is 59.3 Å². The number of hydrogen-bond donors (Lipinski definition) is 0. The summed E-state index contributed by atoms with van der Waals surface area (Å²) < 4.78 is 5.82. The zero-order valence-electron chi connectivity index (χ0n) is 11.8. The third-order valence-corrected chi connectivity index (χ3v) is 3.12. The van der Waals surface area contributed by atoms with E-state index in [-0.39, 0.29) is 0 Å². The molecular weight excluding hydrogens is 208 g/mol. The highest BCUT2D eigenvalue weighted by atomic mass is 16.5. The van der Waals surface area contributed by atoms with Gasteiger partial charge in [0.1, 0.15) is 5.75 Å². The SMILES string of the molecule is CCCCCCOc1ccc(C(C)C)cc1C. The van der Waals surface area contributed by atoms with Crippen molar-refractivity contribution in [2.24, 2.45) is 0 Å². The van der Waals surface area contributed by atoms with E-state index in [1.807, 2.05) is 0 Å². The molecule has 96 valence electrons. The van der Waals surface area contributed by atoms with Crippen LogP contribution in [0.4, 0.5) is 0 Å². The molecule has 0 spiro atoms. The molecule has 0 aliphatic carbocycles. The summed E-state index contributed by atoms with van der Waals surface area (Å²) in [5.74, 6) is 1.64. The van der Waals surface area contributed by atoms with Gasteiger partial charge in [-0.2, -0.15) is 0 Å². The van der Waals surface area contributed by atoms with Gasteiger partial charge in [-0.25, -0.2) is 0 Å². The number of unbranched alkanes of at least 4 members (excludes halogenated alkanes) is 3. The van der Waals surface area contributed by atoms with Crippen molar-refractivity contribution >= 4 is 0 Å². The first-order valence-corrected chi connectivity index (χ1v) is 6.88. The first kappa shape index (κ1) is 14.1. The number of ether oxygens (including phenoxy) is 1. The molecule has 0 amide bonds. The highest BCUT2D eigenvalue weighted by Gasteiger charge is 2.03. The third-order valence-electron chi connectivity index (χ3n) is 3.12. The van der Waals surface area contributed by atoms with Gasteiger partial charge in [0.25, 0.3) is 0 Å². The summed E-state index contributed by atoms with van der Waals surface area (Å²) in [6.07, 6.45) is 5.04. The Labute approximate surface area is 106 Å². The lowest BCUT2D eigenvalue weighted by molar-refractivity contribution is 0.303. The number of benzene rings is 1. The molecule has 0 aliphatic rings. The van der Waals surface area contributed by atoms with Crippen LogP contribution in [-0.2, 0) is 0 Å². The number of hydrogen-bond acceptors (Lipinski definition) is 1. The molecule has 0 unspecified atom stereocenters. The van der Waals surface area contributed by atoms with Crippen LogP contribution in [0.2, 0.25) is 0 Å². The lowest BCUT2D eigenvalue weighted by Gasteiger charge is -2.12. The van der Waals surface area contributed by atoms with E-state index < -0.39 is 0 Å². The minimum absolute atomic E-state index is 0.590. The smallest absolute Gasteiger partial charge is 0.122 e. The second kappa shape index (κ2) is 7.37. The summed E-state index contributed by atoms with van der Waals surface area (Å²) in [6.45, 7) is 9.66. The zero-order valence-corrected chi connectivity index (χ0v) is 11.8. The lowest BCUT2D eigenvalue weighted by atomic mass is 10.0. The van der Waals surface area contributed by atoms with Crippen molar-refractivity contribution < 1.29 is 4.74 Å². The first-order valence-electron chi connectivity index (χ1n) is 6.88. The highest BCUT2D eigenvalue weighted by Crippen LogP contribution is 2.23. The number of aryl methyl sites for hydroxylation is 1. The van der Waals surface area contributed by atoms with Crippen LogP contribution in [0.25, 0.3) is 0 Å². The fraction of sp³-hybridized carbons (Fsp3) is 0.625. The molecule has 1 aromatic rings. The molecule has 0 aromatic heterocycles. The molecular formula is C16H26O. The second-order valence-corrected chi connectivity index (χ2v) is 5.09. The zero-order chi connectivity index (χ0) is 12.7. The molecule has 17 heavy (non-hydrogen) atoms. The van der Waals surface area contributed by atoms with Crippen LogP contribution in [0.1, 0.15) is 63.5 Å². The first-order chi connectivity index (χ1) is 8.15. The third kappa shape index (κ3) is 4.80. The van der Waals surface area contributed by atoms with Gasteiger partial charge in [0.2, 0.25) is 0 Å². The predicted octanol–water partition coefficient (Wildman–Crippen LogP) is 5.08. The van der Waals surface area contributed by atoms with E-state index in [1.165, 1.54) is 36.8 Å². The molecule has 0 N–H and O–H groups in total. The van der Waals surface area contributed by atoms with Crippen molar-refractivity contribution in [3.8, 4) is 5.75 Å². The van der Waals surface area contributed by atoms with Crippen LogP contribution < -0.4 is 4.74 Å². The average Bonchev–Trinajstić information content (AvgIpc) is 2.30. The molecule has 0 saturated heterocycles. The molecule has 1 heteroatoms. The predicted molar refractivity (Wildman–Crippen MR) is 74.9 cm³/mol. The molecule has 1 aromatic carbocycles. The van der Waals surface area contributed by atoms with Crippen LogP contribution in [0, 0.1) is 6.92 Å². The van der Waals surface area contributed by atoms with Gasteiger partial charge in [-0.15, -0.1) is 0 Å². The van der Waals surface area contributed by atoms with E-state index in [0.29, 0.717) is 5.92 Å². The van der Waals surface area contributed by atoms with Gasteiger partial charge in [0.05, 0.1) is 6.61 Å². The maximum Gasteiger partial charge on any atom is 0.122 e. The molecule has 0 atom stereocenters. The minimum atomic E-state index is 0.590. The van der Waals surface area contributed by atoms with Gasteiger partial charge in [0, 0.05) is 0 Å². The quantitative estimate of drug-likeness (QED) is 0.598. The van der Waals surface area contributed by atoms with E-state index in [0.717, 1.165) is 12.4 Å². The Kier molecular flexibility index (Phi) is 6.10. The van der Waals surface area contributed by atoms with Gasteiger partial charge in [-0.05, 0) is 36.5 Å². The molecule has 0 bridgehead atoms. The van der Waals surface area contributed by atoms with Gasteiger partial charge in [-0.1, -0.05) is 52.2 Å². The summed E-state index contributed by atoms with van der Waals surface area (Å²) in [5, 5.41) is 0. The molecule has 0 heterocycles. The molecule has 1 nitrogen and oxygen atoms in total. The van der Waals surface area contributed by atoms with Gasteiger partial charge in [-0.3, -0.25) is 0 Å². The van der Waals surface area contributed by atoms with Gasteiger partial charge >= 0.3 is 0 Å². The Bertz CT molecular complexity index is 328. The van der Waals surface area contributed by atoms with Crippen molar-refractivity contribution in [1.82, 2.24) is 0 Å². The molecule has 0 aliphatic heterocycles. The summed E-state index contributed by atoms with van der Waals surface area (Å²) in [5.41, 5.74) is 2.65. The second-order valence-electron chi connectivity index (χ2n) is 5.09. The van der Waals surface area contributed by atoms with E-state index in [1.54, 1.807) is 0 Å². The Hall–Kier alpha value is -0.980. The van der Waals surface area contributed by atoms with Gasteiger partial charge in [0.15, 0.2) is 0 Å². The van der Waals surface area contributed by atoms with Crippen molar-refractivity contribution in [3.63, 3.8) is 0 Å². The van der Waals surface area contributed by atoms with E-state index in [2.05, 4.69) is 45.9 Å². The maximum atomic E-state index is 5.82. The summed E-state index contributed by atoms with van der Waals surface area (Å²) in [6, 6.07) is 6.54. The van der Waals surface area contributed by atoms with Crippen LogP contribution in [0.3, 0.4) is 0 Å². The maximum absolute atomic E-state index is 5.82. The molecule has 0 saturated carbocycles. The van der Waals surface area contributed by atoms with Crippen LogP contribution in [0.15, 0.2) is 18.2 Å². The van der Waals surface area contributed by atoms with E-state index >= 15 is 0 Å². The Morgan fingerprint density at radius 2 is 1.88 bits per heavy atom. The normalized spacial score (nSPS) is 10.9. The molecule has 0 fully saturated rings. The Balaban J connectivity index is 2.43. The average molecular weight is 234 g/mol. The Morgan fingerprint density at radius 3 is 2.47 bits per heavy atom. The lowest BCUT2D eigenvalue weighted by Crippen LogP contribution is -1.99. The Morgan fingerprint density at radius 1 is 1.12 bits per heavy atom. The van der Waals surface area contributed by atoms with Crippen LogP contribution >= 0.6 is 0 Å². The minimum Gasteiger partial charge on any atom is -0.493 e. The largest absolute Gasteiger partial charge is 0.493 e. The standard InChI is InChI=1S/C16H26O/c1-5-6-7-8-11-17-16-10-9-15(13(2)3)12-14(16)4/h9-10,12-13H,5-8,11H2,1-4H3. The van der Waals surface area contributed by atoms with E-state index in [4.69, 9.17) is 4.74 Å². The van der Waals surface area contributed by atoms with Crippen molar-refractivity contribution in [1.29, 1.82) is 0 Å². The summed E-state index contributed by atoms with van der Waals surface area (Å²) in [4.78, 5) is 0. The van der Waals surface area contributed by atoms with Crippen molar-refractivity contribution in [2.75, 3.05) is 6.61 Å². The highest BCUT2D eigenvalue weighted by molar-refractivity contribution is 5.37. The van der Waals surface area contributed by atoms with Gasteiger partial charge < -0.3 is 4.74 Å². The van der Waals surface area contributed by atoms with Crippen molar-refractivity contribution in [3.05, 3.63) is 29.3 Å². The fourth-order valence-corrected chi connectivity index (χ4v) is 1.90. The molecule has 0 radical (unpaired) electrons. The summed E-state index contributed by atoms with van der Waals surface area (Å²) >= 11 is 0.